The van der Waals surface area contributed by atoms with Crippen LogP contribution in [0.3, 0.4) is 0 Å². The van der Waals surface area contributed by atoms with Gasteiger partial charge in [0.05, 0.1) is 4.92 Å². The van der Waals surface area contributed by atoms with E-state index in [0.29, 0.717) is 18.2 Å². The quantitative estimate of drug-likeness (QED) is 0.668. The van der Waals surface area contributed by atoms with E-state index in [9.17, 15) is 10.1 Å². The van der Waals surface area contributed by atoms with Crippen LogP contribution in [0.15, 0.2) is 30.5 Å². The Balaban J connectivity index is 2.56. The number of aryl methyl sites for hydroxylation is 1. The molecular formula is C14H16N4O2. The zero-order valence-corrected chi connectivity index (χ0v) is 11.5. The molecule has 0 saturated carbocycles. The average Bonchev–Trinajstić information content (AvgIpc) is 2.47. The largest absolute Gasteiger partial charge is 0.354 e. The lowest BCUT2D eigenvalue weighted by molar-refractivity contribution is -0.384. The van der Waals surface area contributed by atoms with Gasteiger partial charge in [-0.15, -0.1) is 0 Å². The van der Waals surface area contributed by atoms with Crippen molar-refractivity contribution < 1.29 is 4.92 Å². The van der Waals surface area contributed by atoms with E-state index >= 15 is 0 Å². The van der Waals surface area contributed by atoms with Crippen LogP contribution in [0.4, 0.5) is 11.6 Å². The molecule has 6 heteroatoms. The highest BCUT2D eigenvalue weighted by Crippen LogP contribution is 2.28. The molecule has 6 nitrogen and oxygen atoms in total. The maximum Gasteiger partial charge on any atom is 0.313 e. The maximum atomic E-state index is 11.1. The Morgan fingerprint density at radius 2 is 2.15 bits per heavy atom. The minimum Gasteiger partial charge on any atom is -0.354 e. The van der Waals surface area contributed by atoms with Crippen LogP contribution in [-0.2, 0) is 6.42 Å². The third-order valence-corrected chi connectivity index (χ3v) is 2.91. The van der Waals surface area contributed by atoms with Crippen molar-refractivity contribution in [2.24, 2.45) is 0 Å². The van der Waals surface area contributed by atoms with Crippen molar-refractivity contribution in [3.8, 4) is 11.3 Å². The fourth-order valence-electron chi connectivity index (χ4n) is 1.90. The van der Waals surface area contributed by atoms with E-state index in [1.165, 1.54) is 6.20 Å². The van der Waals surface area contributed by atoms with Gasteiger partial charge in [-0.05, 0) is 25.0 Å². The summed E-state index contributed by atoms with van der Waals surface area (Å²) in [5, 5.41) is 14.1. The molecule has 0 radical (unpaired) electrons. The van der Waals surface area contributed by atoms with E-state index in [1.54, 1.807) is 0 Å². The number of rotatable bonds is 5. The maximum absolute atomic E-state index is 11.1. The molecule has 1 aromatic carbocycles. The van der Waals surface area contributed by atoms with Crippen LogP contribution in [0.2, 0.25) is 0 Å². The van der Waals surface area contributed by atoms with E-state index in [-0.39, 0.29) is 5.69 Å². The molecule has 1 N–H and O–H groups in total. The van der Waals surface area contributed by atoms with Gasteiger partial charge in [0.1, 0.15) is 6.20 Å². The lowest BCUT2D eigenvalue weighted by atomic mass is 10.1. The molecular weight excluding hydrogens is 256 g/mol. The summed E-state index contributed by atoms with van der Waals surface area (Å²) in [6.07, 6.45) is 2.12. The SMILES string of the molecule is CCNc1ncc([N+](=O)[O-])c(-c2cccc(CC)c2)n1. The number of hydrogen-bond donors (Lipinski definition) is 1. The molecule has 0 amide bonds. The third kappa shape index (κ3) is 2.90. The fraction of sp³-hybridized carbons (Fsp3) is 0.286. The second kappa shape index (κ2) is 6.10. The number of benzene rings is 1. The normalized spacial score (nSPS) is 10.3. The van der Waals surface area contributed by atoms with Gasteiger partial charge in [0.2, 0.25) is 5.95 Å². The summed E-state index contributed by atoms with van der Waals surface area (Å²) in [5.74, 6) is 0.398. The summed E-state index contributed by atoms with van der Waals surface area (Å²) in [6, 6.07) is 7.62. The standard InChI is InChI=1S/C14H16N4O2/c1-3-10-6-5-7-11(8-10)13-12(18(19)20)9-16-14(17-13)15-4-2/h5-9H,3-4H2,1-2H3,(H,15,16,17). The Morgan fingerprint density at radius 3 is 2.80 bits per heavy atom. The first-order valence-corrected chi connectivity index (χ1v) is 6.50. The zero-order chi connectivity index (χ0) is 14.5. The van der Waals surface area contributed by atoms with Gasteiger partial charge in [-0.25, -0.2) is 9.97 Å². The summed E-state index contributed by atoms with van der Waals surface area (Å²) in [6.45, 7) is 4.62. The molecule has 0 aliphatic rings. The Bertz CT molecular complexity index is 628. The zero-order valence-electron chi connectivity index (χ0n) is 11.5. The first-order chi connectivity index (χ1) is 9.65. The number of nitro groups is 1. The van der Waals surface area contributed by atoms with Crippen LogP contribution in [-0.4, -0.2) is 21.4 Å². The number of hydrogen-bond acceptors (Lipinski definition) is 5. The molecule has 1 heterocycles. The van der Waals surface area contributed by atoms with Gasteiger partial charge in [0.15, 0.2) is 5.69 Å². The Kier molecular flexibility index (Phi) is 4.24. The van der Waals surface area contributed by atoms with Crippen molar-refractivity contribution in [2.45, 2.75) is 20.3 Å². The van der Waals surface area contributed by atoms with Crippen LogP contribution < -0.4 is 5.32 Å². The highest BCUT2D eigenvalue weighted by atomic mass is 16.6. The van der Waals surface area contributed by atoms with Gasteiger partial charge >= 0.3 is 5.69 Å². The van der Waals surface area contributed by atoms with Crippen LogP contribution in [0.5, 0.6) is 0 Å². The molecule has 0 spiro atoms. The van der Waals surface area contributed by atoms with Gasteiger partial charge < -0.3 is 5.32 Å². The number of nitrogens with zero attached hydrogens (tertiary/aromatic N) is 3. The smallest absolute Gasteiger partial charge is 0.313 e. The molecule has 0 saturated heterocycles. The molecule has 0 unspecified atom stereocenters. The van der Waals surface area contributed by atoms with E-state index in [1.807, 2.05) is 38.1 Å². The fourth-order valence-corrected chi connectivity index (χ4v) is 1.90. The van der Waals surface area contributed by atoms with Crippen molar-refractivity contribution in [3.05, 3.63) is 46.1 Å². The van der Waals surface area contributed by atoms with E-state index in [0.717, 1.165) is 17.5 Å². The molecule has 0 bridgehead atoms. The molecule has 0 fully saturated rings. The molecule has 104 valence electrons. The van der Waals surface area contributed by atoms with Crippen LogP contribution in [0.25, 0.3) is 11.3 Å². The van der Waals surface area contributed by atoms with Crippen molar-refractivity contribution in [3.63, 3.8) is 0 Å². The van der Waals surface area contributed by atoms with Crippen molar-refractivity contribution in [2.75, 3.05) is 11.9 Å². The lowest BCUT2D eigenvalue weighted by Crippen LogP contribution is -2.05. The highest BCUT2D eigenvalue weighted by Gasteiger charge is 2.18. The molecule has 0 atom stereocenters. The lowest BCUT2D eigenvalue weighted by Gasteiger charge is -2.07. The van der Waals surface area contributed by atoms with E-state index in [2.05, 4.69) is 15.3 Å². The minimum atomic E-state index is -0.455. The highest BCUT2D eigenvalue weighted by molar-refractivity contribution is 5.70. The van der Waals surface area contributed by atoms with Gasteiger partial charge in [-0.3, -0.25) is 10.1 Å². The third-order valence-electron chi connectivity index (χ3n) is 2.91. The summed E-state index contributed by atoms with van der Waals surface area (Å²) in [5.41, 5.74) is 2.11. The number of aromatic nitrogens is 2. The first kappa shape index (κ1) is 13.9. The number of anilines is 1. The predicted octanol–water partition coefficient (Wildman–Crippen LogP) is 3.05. The van der Waals surface area contributed by atoms with Gasteiger partial charge in [0, 0.05) is 12.1 Å². The predicted molar refractivity (Wildman–Crippen MR) is 77.7 cm³/mol. The summed E-state index contributed by atoms with van der Waals surface area (Å²) in [7, 11) is 0. The van der Waals surface area contributed by atoms with Crippen molar-refractivity contribution in [1.29, 1.82) is 0 Å². The minimum absolute atomic E-state index is 0.0834. The second-order valence-corrected chi connectivity index (χ2v) is 4.27. The average molecular weight is 272 g/mol. The van der Waals surface area contributed by atoms with Crippen LogP contribution in [0.1, 0.15) is 19.4 Å². The van der Waals surface area contributed by atoms with Crippen LogP contribution in [0, 0.1) is 10.1 Å². The summed E-state index contributed by atoms with van der Waals surface area (Å²) in [4.78, 5) is 18.9. The Hall–Kier alpha value is -2.50. The topological polar surface area (TPSA) is 81.0 Å². The Labute approximate surface area is 117 Å². The van der Waals surface area contributed by atoms with Gasteiger partial charge in [0.25, 0.3) is 0 Å². The molecule has 0 aliphatic carbocycles. The summed E-state index contributed by atoms with van der Waals surface area (Å²) < 4.78 is 0. The molecule has 2 aromatic rings. The summed E-state index contributed by atoms with van der Waals surface area (Å²) >= 11 is 0. The molecule has 20 heavy (non-hydrogen) atoms. The van der Waals surface area contributed by atoms with Gasteiger partial charge in [-0.1, -0.05) is 25.1 Å². The van der Waals surface area contributed by atoms with E-state index in [4.69, 9.17) is 0 Å². The van der Waals surface area contributed by atoms with E-state index < -0.39 is 4.92 Å². The monoisotopic (exact) mass is 272 g/mol. The second-order valence-electron chi connectivity index (χ2n) is 4.27. The van der Waals surface area contributed by atoms with Crippen molar-refractivity contribution >= 4 is 11.6 Å². The van der Waals surface area contributed by atoms with Crippen LogP contribution >= 0.6 is 0 Å². The Morgan fingerprint density at radius 1 is 1.35 bits per heavy atom. The molecule has 1 aromatic heterocycles. The number of nitrogens with one attached hydrogen (secondary N) is 1. The molecule has 0 aliphatic heterocycles. The first-order valence-electron chi connectivity index (χ1n) is 6.50. The molecule has 2 rings (SSSR count). The van der Waals surface area contributed by atoms with Gasteiger partial charge in [-0.2, -0.15) is 0 Å². The van der Waals surface area contributed by atoms with Crippen molar-refractivity contribution in [1.82, 2.24) is 9.97 Å².